The largest absolute Gasteiger partial charge is 0.464 e. The van der Waals surface area contributed by atoms with Gasteiger partial charge in [0.1, 0.15) is 6.04 Å². The number of amides is 1. The summed E-state index contributed by atoms with van der Waals surface area (Å²) in [6, 6.07) is 9.01. The average molecular weight is 304 g/mol. The molecule has 1 aromatic carbocycles. The van der Waals surface area contributed by atoms with Crippen molar-refractivity contribution in [3.05, 3.63) is 35.9 Å². The van der Waals surface area contributed by atoms with Gasteiger partial charge in [-0.15, -0.1) is 0 Å². The van der Waals surface area contributed by atoms with E-state index in [-0.39, 0.29) is 17.8 Å². The summed E-state index contributed by atoms with van der Waals surface area (Å²) in [5.74, 6) is -0.215. The van der Waals surface area contributed by atoms with Crippen LogP contribution in [0.5, 0.6) is 0 Å². The Morgan fingerprint density at radius 2 is 2.00 bits per heavy atom. The molecule has 0 saturated carbocycles. The van der Waals surface area contributed by atoms with Gasteiger partial charge in [-0.1, -0.05) is 37.3 Å². The van der Waals surface area contributed by atoms with Crippen molar-refractivity contribution in [1.82, 2.24) is 10.6 Å². The van der Waals surface area contributed by atoms with Gasteiger partial charge < -0.3 is 15.4 Å². The van der Waals surface area contributed by atoms with Crippen LogP contribution in [0.25, 0.3) is 0 Å². The normalized spacial score (nSPS) is 17.2. The van der Waals surface area contributed by atoms with Gasteiger partial charge in [-0.25, -0.2) is 4.79 Å². The van der Waals surface area contributed by atoms with Crippen molar-refractivity contribution in [2.24, 2.45) is 11.8 Å². The molecule has 0 spiro atoms. The minimum Gasteiger partial charge on any atom is -0.464 e. The van der Waals surface area contributed by atoms with Crippen molar-refractivity contribution in [3.63, 3.8) is 0 Å². The molecular formula is C17H24N2O3. The molecule has 5 nitrogen and oxygen atoms in total. The van der Waals surface area contributed by atoms with Crippen LogP contribution < -0.4 is 10.6 Å². The van der Waals surface area contributed by atoms with E-state index in [1.165, 1.54) is 0 Å². The van der Waals surface area contributed by atoms with Crippen LogP contribution in [0.1, 0.15) is 19.4 Å². The third-order valence-corrected chi connectivity index (χ3v) is 4.10. The van der Waals surface area contributed by atoms with Crippen LogP contribution in [0.2, 0.25) is 0 Å². The number of ether oxygens (including phenoxy) is 1. The van der Waals surface area contributed by atoms with E-state index in [2.05, 4.69) is 10.6 Å². The molecule has 1 fully saturated rings. The molecule has 2 rings (SSSR count). The number of hydrogen-bond donors (Lipinski definition) is 2. The lowest BCUT2D eigenvalue weighted by atomic mass is 9.88. The highest BCUT2D eigenvalue weighted by Gasteiger charge is 2.31. The summed E-state index contributed by atoms with van der Waals surface area (Å²) < 4.78 is 5.09. The fourth-order valence-corrected chi connectivity index (χ4v) is 2.47. The SMILES string of the molecule is CCOC(=O)C(Cc1ccccc1)NC(=O)C(C)C1CNC1. The Balaban J connectivity index is 2.00. The van der Waals surface area contributed by atoms with Crippen LogP contribution in [-0.2, 0) is 20.7 Å². The number of esters is 1. The summed E-state index contributed by atoms with van der Waals surface area (Å²) in [5, 5.41) is 6.02. The number of rotatable bonds is 7. The molecule has 0 aliphatic carbocycles. The molecule has 2 N–H and O–H groups in total. The number of hydrogen-bond acceptors (Lipinski definition) is 4. The highest BCUT2D eigenvalue weighted by Crippen LogP contribution is 2.16. The van der Waals surface area contributed by atoms with E-state index in [1.807, 2.05) is 37.3 Å². The molecule has 120 valence electrons. The second-order valence-corrected chi connectivity index (χ2v) is 5.71. The summed E-state index contributed by atoms with van der Waals surface area (Å²) in [7, 11) is 0. The lowest BCUT2D eigenvalue weighted by Crippen LogP contribution is -2.52. The zero-order valence-electron chi connectivity index (χ0n) is 13.2. The van der Waals surface area contributed by atoms with Crippen LogP contribution >= 0.6 is 0 Å². The van der Waals surface area contributed by atoms with Crippen molar-refractivity contribution in [2.75, 3.05) is 19.7 Å². The Bertz CT molecular complexity index is 500. The monoisotopic (exact) mass is 304 g/mol. The predicted molar refractivity (Wildman–Crippen MR) is 84.2 cm³/mol. The van der Waals surface area contributed by atoms with Gasteiger partial charge in [0, 0.05) is 12.3 Å². The highest BCUT2D eigenvalue weighted by atomic mass is 16.5. The molecule has 2 atom stereocenters. The second-order valence-electron chi connectivity index (χ2n) is 5.71. The summed E-state index contributed by atoms with van der Waals surface area (Å²) in [6.45, 7) is 5.70. The Labute approximate surface area is 131 Å². The van der Waals surface area contributed by atoms with Crippen molar-refractivity contribution < 1.29 is 14.3 Å². The zero-order valence-corrected chi connectivity index (χ0v) is 13.2. The molecule has 0 aromatic heterocycles. The maximum absolute atomic E-state index is 12.3. The maximum Gasteiger partial charge on any atom is 0.328 e. The third kappa shape index (κ3) is 4.31. The van der Waals surface area contributed by atoms with E-state index in [1.54, 1.807) is 6.92 Å². The number of carbonyl (C=O) groups excluding carboxylic acids is 2. The van der Waals surface area contributed by atoms with Crippen molar-refractivity contribution in [3.8, 4) is 0 Å². The third-order valence-electron chi connectivity index (χ3n) is 4.10. The van der Waals surface area contributed by atoms with Gasteiger partial charge >= 0.3 is 5.97 Å². The van der Waals surface area contributed by atoms with E-state index in [0.717, 1.165) is 18.7 Å². The van der Waals surface area contributed by atoms with E-state index in [9.17, 15) is 9.59 Å². The maximum atomic E-state index is 12.3. The van der Waals surface area contributed by atoms with Crippen LogP contribution in [0.15, 0.2) is 30.3 Å². The summed E-state index contributed by atoms with van der Waals surface area (Å²) in [6.07, 6.45) is 0.445. The molecule has 1 aliphatic heterocycles. The van der Waals surface area contributed by atoms with Gasteiger partial charge in [-0.05, 0) is 31.5 Å². The fraction of sp³-hybridized carbons (Fsp3) is 0.529. The average Bonchev–Trinajstić information content (AvgIpc) is 2.46. The van der Waals surface area contributed by atoms with Crippen molar-refractivity contribution >= 4 is 11.9 Å². The van der Waals surface area contributed by atoms with Gasteiger partial charge in [-0.2, -0.15) is 0 Å². The van der Waals surface area contributed by atoms with E-state index >= 15 is 0 Å². The highest BCUT2D eigenvalue weighted by molar-refractivity contribution is 5.86. The second kappa shape index (κ2) is 7.94. The first kappa shape index (κ1) is 16.5. The predicted octanol–water partition coefficient (Wildman–Crippen LogP) is 1.13. The number of nitrogens with one attached hydrogen (secondary N) is 2. The first-order valence-electron chi connectivity index (χ1n) is 7.83. The topological polar surface area (TPSA) is 67.4 Å². The first-order chi connectivity index (χ1) is 10.6. The smallest absolute Gasteiger partial charge is 0.328 e. The quantitative estimate of drug-likeness (QED) is 0.741. The van der Waals surface area contributed by atoms with E-state index in [4.69, 9.17) is 4.74 Å². The van der Waals surface area contributed by atoms with Gasteiger partial charge in [0.25, 0.3) is 0 Å². The molecule has 1 aliphatic rings. The van der Waals surface area contributed by atoms with Crippen molar-refractivity contribution in [2.45, 2.75) is 26.3 Å². The lowest BCUT2D eigenvalue weighted by Gasteiger charge is -2.32. The molecule has 1 amide bonds. The van der Waals surface area contributed by atoms with Crippen LogP contribution in [-0.4, -0.2) is 37.6 Å². The van der Waals surface area contributed by atoms with Gasteiger partial charge in [0.2, 0.25) is 5.91 Å². The summed E-state index contributed by atoms with van der Waals surface area (Å²) in [4.78, 5) is 24.4. The summed E-state index contributed by atoms with van der Waals surface area (Å²) in [5.41, 5.74) is 0.999. The van der Waals surface area contributed by atoms with Gasteiger partial charge in [0.15, 0.2) is 0 Å². The summed E-state index contributed by atoms with van der Waals surface area (Å²) >= 11 is 0. The van der Waals surface area contributed by atoms with Crippen molar-refractivity contribution in [1.29, 1.82) is 0 Å². The minimum absolute atomic E-state index is 0.0829. The Hall–Kier alpha value is -1.88. The molecule has 2 unspecified atom stereocenters. The Morgan fingerprint density at radius 3 is 2.55 bits per heavy atom. The van der Waals surface area contributed by atoms with E-state index < -0.39 is 6.04 Å². The minimum atomic E-state index is -0.634. The standard InChI is InChI=1S/C17H24N2O3/c1-3-22-17(21)15(9-13-7-5-4-6-8-13)19-16(20)12(2)14-10-18-11-14/h4-8,12,14-15,18H,3,9-11H2,1-2H3,(H,19,20). The van der Waals surface area contributed by atoms with Gasteiger partial charge in [-0.3, -0.25) is 4.79 Å². The molecule has 22 heavy (non-hydrogen) atoms. The zero-order chi connectivity index (χ0) is 15.9. The Kier molecular flexibility index (Phi) is 5.95. The molecule has 0 radical (unpaired) electrons. The molecule has 5 heteroatoms. The fourth-order valence-electron chi connectivity index (χ4n) is 2.47. The van der Waals surface area contributed by atoms with Crippen LogP contribution in [0.4, 0.5) is 0 Å². The molecule has 1 aromatic rings. The van der Waals surface area contributed by atoms with E-state index in [0.29, 0.717) is 18.9 Å². The van der Waals surface area contributed by atoms with Crippen LogP contribution in [0, 0.1) is 11.8 Å². The lowest BCUT2D eigenvalue weighted by molar-refractivity contribution is -0.148. The molecule has 1 saturated heterocycles. The molecular weight excluding hydrogens is 280 g/mol. The number of benzene rings is 1. The van der Waals surface area contributed by atoms with Gasteiger partial charge in [0.05, 0.1) is 6.61 Å². The van der Waals surface area contributed by atoms with Crippen LogP contribution in [0.3, 0.4) is 0 Å². The molecule has 0 bridgehead atoms. The Morgan fingerprint density at radius 1 is 1.32 bits per heavy atom. The molecule has 1 heterocycles. The number of carbonyl (C=O) groups is 2. The first-order valence-corrected chi connectivity index (χ1v) is 7.83.